The monoisotopic (exact) mass is 409 g/mol. The summed E-state index contributed by atoms with van der Waals surface area (Å²) in [4.78, 5) is 19.5. The van der Waals surface area contributed by atoms with Crippen LogP contribution in [0.15, 0.2) is 59.8 Å². The largest absolute Gasteiger partial charge is 0.375 e. The molecule has 2 aromatic carbocycles. The number of fused-ring (bicyclic) bond motifs is 1. The first-order chi connectivity index (χ1) is 14.2. The first kappa shape index (κ1) is 20.0. The molecule has 1 fully saturated rings. The Morgan fingerprint density at radius 2 is 1.97 bits per heavy atom. The van der Waals surface area contributed by atoms with Crippen LogP contribution in [0.25, 0.3) is 11.0 Å². The predicted octanol–water partition coefficient (Wildman–Crippen LogP) is 4.01. The van der Waals surface area contributed by atoms with Gasteiger partial charge in [-0.3, -0.25) is 4.79 Å². The molecule has 3 aromatic rings. The van der Waals surface area contributed by atoms with Gasteiger partial charge in [-0.05, 0) is 30.5 Å². The van der Waals surface area contributed by atoms with Gasteiger partial charge in [0.05, 0.1) is 29.5 Å². The molecule has 2 heterocycles. The Morgan fingerprint density at radius 1 is 1.17 bits per heavy atom. The zero-order valence-corrected chi connectivity index (χ0v) is 17.6. The third-order valence-corrected chi connectivity index (χ3v) is 6.32. The number of morpholine rings is 1. The molecule has 0 spiro atoms. The summed E-state index contributed by atoms with van der Waals surface area (Å²) < 4.78 is 7.93. The maximum atomic E-state index is 12.8. The molecular formula is C23H27N3O2S. The number of hydrogen-bond acceptors (Lipinski definition) is 4. The molecular weight excluding hydrogens is 382 g/mol. The highest BCUT2D eigenvalue weighted by Gasteiger charge is 2.23. The van der Waals surface area contributed by atoms with E-state index in [-0.39, 0.29) is 12.0 Å². The molecule has 1 aliphatic rings. The molecule has 1 aliphatic heterocycles. The molecule has 0 N–H and O–H groups in total. The average molecular weight is 410 g/mol. The lowest BCUT2D eigenvalue weighted by molar-refractivity contribution is -0.135. The summed E-state index contributed by atoms with van der Waals surface area (Å²) in [6.07, 6.45) is 2.03. The standard InChI is InChI=1S/C23H27N3O2S/c1-2-19-16-25(14-15-28-19)22(27)17-29-23-24-20-10-6-7-11-21(20)26(23)13-12-18-8-4-3-5-9-18/h3-11,19H,2,12-17H2,1H3. The third-order valence-electron chi connectivity index (χ3n) is 5.36. The molecule has 6 heteroatoms. The average Bonchev–Trinajstić information content (AvgIpc) is 3.14. The van der Waals surface area contributed by atoms with Crippen LogP contribution in [0.3, 0.4) is 0 Å². The van der Waals surface area contributed by atoms with Crippen molar-refractivity contribution in [2.45, 2.75) is 37.6 Å². The van der Waals surface area contributed by atoms with Crippen LogP contribution in [-0.2, 0) is 22.5 Å². The predicted molar refractivity (Wildman–Crippen MR) is 117 cm³/mol. The summed E-state index contributed by atoms with van der Waals surface area (Å²) >= 11 is 1.54. The van der Waals surface area contributed by atoms with Gasteiger partial charge in [0.2, 0.25) is 5.91 Å². The molecule has 0 radical (unpaired) electrons. The van der Waals surface area contributed by atoms with Crippen molar-refractivity contribution in [1.82, 2.24) is 14.5 Å². The highest BCUT2D eigenvalue weighted by atomic mass is 32.2. The molecule has 0 saturated carbocycles. The van der Waals surface area contributed by atoms with E-state index >= 15 is 0 Å². The van der Waals surface area contributed by atoms with Gasteiger partial charge in [-0.15, -0.1) is 0 Å². The second kappa shape index (κ2) is 9.46. The van der Waals surface area contributed by atoms with E-state index in [1.165, 1.54) is 17.3 Å². The molecule has 0 aliphatic carbocycles. The van der Waals surface area contributed by atoms with Crippen molar-refractivity contribution in [2.75, 3.05) is 25.4 Å². The molecule has 1 unspecified atom stereocenters. The van der Waals surface area contributed by atoms with Crippen molar-refractivity contribution in [3.05, 3.63) is 60.2 Å². The first-order valence-electron chi connectivity index (χ1n) is 10.3. The number of amides is 1. The quantitative estimate of drug-likeness (QED) is 0.553. The maximum absolute atomic E-state index is 12.8. The first-order valence-corrected chi connectivity index (χ1v) is 11.2. The topological polar surface area (TPSA) is 47.4 Å². The molecule has 5 nitrogen and oxygen atoms in total. The van der Waals surface area contributed by atoms with Crippen LogP contribution < -0.4 is 0 Å². The summed E-state index contributed by atoms with van der Waals surface area (Å²) in [7, 11) is 0. The van der Waals surface area contributed by atoms with Crippen molar-refractivity contribution in [1.29, 1.82) is 0 Å². The lowest BCUT2D eigenvalue weighted by Crippen LogP contribution is -2.46. The van der Waals surface area contributed by atoms with Crippen molar-refractivity contribution in [3.63, 3.8) is 0 Å². The number of carbonyl (C=O) groups excluding carboxylic acids is 1. The van der Waals surface area contributed by atoms with E-state index in [9.17, 15) is 4.79 Å². The lowest BCUT2D eigenvalue weighted by atomic mass is 10.1. The van der Waals surface area contributed by atoms with E-state index in [1.54, 1.807) is 0 Å². The fourth-order valence-electron chi connectivity index (χ4n) is 3.68. The van der Waals surface area contributed by atoms with Gasteiger partial charge in [-0.1, -0.05) is 61.2 Å². The number of carbonyl (C=O) groups is 1. The van der Waals surface area contributed by atoms with Gasteiger partial charge in [0, 0.05) is 19.6 Å². The van der Waals surface area contributed by atoms with Gasteiger partial charge >= 0.3 is 0 Å². The van der Waals surface area contributed by atoms with Crippen LogP contribution in [-0.4, -0.2) is 51.9 Å². The number of imidazole rings is 1. The number of thioether (sulfide) groups is 1. The van der Waals surface area contributed by atoms with Gasteiger partial charge in [-0.25, -0.2) is 4.98 Å². The van der Waals surface area contributed by atoms with E-state index < -0.39 is 0 Å². The van der Waals surface area contributed by atoms with Gasteiger partial charge in [-0.2, -0.15) is 0 Å². The zero-order valence-electron chi connectivity index (χ0n) is 16.8. The Balaban J connectivity index is 1.47. The number of nitrogens with zero attached hydrogens (tertiary/aromatic N) is 3. The van der Waals surface area contributed by atoms with Crippen LogP contribution in [0.5, 0.6) is 0 Å². The Morgan fingerprint density at radius 3 is 2.79 bits per heavy atom. The summed E-state index contributed by atoms with van der Waals surface area (Å²) in [6, 6.07) is 18.7. The SMILES string of the molecule is CCC1CN(C(=O)CSc2nc3ccccc3n2CCc2ccccc2)CCO1. The number of aryl methyl sites for hydroxylation is 2. The molecule has 1 saturated heterocycles. The minimum absolute atomic E-state index is 0.160. The zero-order chi connectivity index (χ0) is 20.1. The van der Waals surface area contributed by atoms with E-state index in [4.69, 9.17) is 9.72 Å². The Hall–Kier alpha value is -2.31. The summed E-state index contributed by atoms with van der Waals surface area (Å²) in [5.74, 6) is 0.573. The number of ether oxygens (including phenoxy) is 1. The second-order valence-electron chi connectivity index (χ2n) is 7.30. The van der Waals surface area contributed by atoms with Crippen LogP contribution in [0.4, 0.5) is 0 Å². The number of aromatic nitrogens is 2. The number of hydrogen-bond donors (Lipinski definition) is 0. The minimum atomic E-state index is 0.160. The molecule has 4 rings (SSSR count). The third kappa shape index (κ3) is 4.82. The highest BCUT2D eigenvalue weighted by Crippen LogP contribution is 2.25. The van der Waals surface area contributed by atoms with Gasteiger partial charge < -0.3 is 14.2 Å². The van der Waals surface area contributed by atoms with Crippen LogP contribution >= 0.6 is 11.8 Å². The Labute approximate surface area is 176 Å². The van der Waals surface area contributed by atoms with E-state index in [0.29, 0.717) is 25.4 Å². The highest BCUT2D eigenvalue weighted by molar-refractivity contribution is 7.99. The fourth-order valence-corrected chi connectivity index (χ4v) is 4.62. The minimum Gasteiger partial charge on any atom is -0.375 e. The summed E-state index contributed by atoms with van der Waals surface area (Å²) in [6.45, 7) is 4.95. The Bertz CT molecular complexity index is 957. The number of rotatable bonds is 7. The number of para-hydroxylation sites is 2. The van der Waals surface area contributed by atoms with Gasteiger partial charge in [0.1, 0.15) is 0 Å². The lowest BCUT2D eigenvalue weighted by Gasteiger charge is -2.32. The molecule has 1 atom stereocenters. The van der Waals surface area contributed by atoms with E-state index in [0.717, 1.165) is 35.6 Å². The smallest absolute Gasteiger partial charge is 0.233 e. The molecule has 29 heavy (non-hydrogen) atoms. The summed E-state index contributed by atoms with van der Waals surface area (Å²) in [5, 5.41) is 0.913. The molecule has 0 bridgehead atoms. The van der Waals surface area contributed by atoms with Gasteiger partial charge in [0.25, 0.3) is 0 Å². The van der Waals surface area contributed by atoms with Crippen molar-refractivity contribution >= 4 is 28.7 Å². The van der Waals surface area contributed by atoms with E-state index in [2.05, 4.69) is 41.8 Å². The van der Waals surface area contributed by atoms with Crippen molar-refractivity contribution in [2.24, 2.45) is 0 Å². The molecule has 152 valence electrons. The summed E-state index contributed by atoms with van der Waals surface area (Å²) in [5.41, 5.74) is 3.40. The van der Waals surface area contributed by atoms with Crippen molar-refractivity contribution in [3.8, 4) is 0 Å². The van der Waals surface area contributed by atoms with Crippen molar-refractivity contribution < 1.29 is 9.53 Å². The van der Waals surface area contributed by atoms with Crippen LogP contribution in [0, 0.1) is 0 Å². The van der Waals surface area contributed by atoms with Crippen LogP contribution in [0.2, 0.25) is 0 Å². The number of benzene rings is 2. The molecule has 1 amide bonds. The van der Waals surface area contributed by atoms with E-state index in [1.807, 2.05) is 29.2 Å². The maximum Gasteiger partial charge on any atom is 0.233 e. The molecule has 1 aromatic heterocycles. The Kier molecular flexibility index (Phi) is 6.52. The van der Waals surface area contributed by atoms with Crippen LogP contribution in [0.1, 0.15) is 18.9 Å². The van der Waals surface area contributed by atoms with Gasteiger partial charge in [0.15, 0.2) is 5.16 Å². The normalized spacial score (nSPS) is 17.0. The second-order valence-corrected chi connectivity index (χ2v) is 8.24. The fraction of sp³-hybridized carbons (Fsp3) is 0.391.